The number of aryl methyl sites for hydroxylation is 1. The first-order valence-corrected chi connectivity index (χ1v) is 4.33. The molecule has 0 aliphatic rings. The number of rotatable bonds is 4. The molecule has 0 radical (unpaired) electrons. The number of thiazole rings is 1. The molecule has 62 valence electrons. The third kappa shape index (κ3) is 2.57. The maximum absolute atomic E-state index is 8.70. The van der Waals surface area contributed by atoms with Crippen LogP contribution in [0.2, 0.25) is 0 Å². The highest BCUT2D eigenvalue weighted by Crippen LogP contribution is 2.13. The summed E-state index contributed by atoms with van der Waals surface area (Å²) in [5.41, 5.74) is 0. The quantitative estimate of drug-likeness (QED) is 0.699. The van der Waals surface area contributed by atoms with Crippen LogP contribution in [-0.4, -0.2) is 21.8 Å². The van der Waals surface area contributed by atoms with Crippen LogP contribution < -0.4 is 0 Å². The van der Waals surface area contributed by atoms with Crippen molar-refractivity contribution in [2.75, 3.05) is 6.61 Å². The zero-order valence-electron chi connectivity index (χ0n) is 6.16. The first-order valence-electron chi connectivity index (χ1n) is 3.52. The monoisotopic (exact) mass is 173 g/mol. The summed E-state index contributed by atoms with van der Waals surface area (Å²) >= 11 is 1.50. The predicted octanol–water partition coefficient (Wildman–Crippen LogP) is 0.560. The zero-order chi connectivity index (χ0) is 8.10. The van der Waals surface area contributed by atoms with E-state index in [0.717, 1.165) is 22.7 Å². The van der Waals surface area contributed by atoms with E-state index < -0.39 is 0 Å². The molecule has 0 unspecified atom stereocenters. The van der Waals surface area contributed by atoms with E-state index in [1.54, 1.807) is 6.20 Å². The van der Waals surface area contributed by atoms with Crippen molar-refractivity contribution in [3.05, 3.63) is 16.1 Å². The molecule has 1 aromatic rings. The second kappa shape index (κ2) is 4.43. The molecular formula is C7H11NO2S. The van der Waals surface area contributed by atoms with Crippen molar-refractivity contribution in [2.45, 2.75) is 19.4 Å². The van der Waals surface area contributed by atoms with Gasteiger partial charge in [-0.25, -0.2) is 4.98 Å². The summed E-state index contributed by atoms with van der Waals surface area (Å²) < 4.78 is 0. The lowest BCUT2D eigenvalue weighted by molar-refractivity contribution is 0.285. The van der Waals surface area contributed by atoms with E-state index in [9.17, 15) is 0 Å². The van der Waals surface area contributed by atoms with E-state index in [4.69, 9.17) is 10.2 Å². The van der Waals surface area contributed by atoms with Crippen molar-refractivity contribution in [3.8, 4) is 0 Å². The van der Waals surface area contributed by atoms with Crippen LogP contribution in [0.5, 0.6) is 0 Å². The Kier molecular flexibility index (Phi) is 3.48. The van der Waals surface area contributed by atoms with Crippen LogP contribution in [0.25, 0.3) is 0 Å². The Labute approximate surface area is 69.3 Å². The maximum atomic E-state index is 8.70. The molecule has 2 N–H and O–H groups in total. The van der Waals surface area contributed by atoms with Crippen molar-refractivity contribution in [2.24, 2.45) is 0 Å². The number of aliphatic hydroxyl groups excluding tert-OH is 2. The van der Waals surface area contributed by atoms with E-state index in [-0.39, 0.29) is 13.2 Å². The van der Waals surface area contributed by atoms with E-state index in [0.29, 0.717) is 0 Å². The van der Waals surface area contributed by atoms with Crippen LogP contribution in [0.1, 0.15) is 16.3 Å². The predicted molar refractivity (Wildman–Crippen MR) is 43.4 cm³/mol. The molecule has 0 saturated heterocycles. The molecule has 11 heavy (non-hydrogen) atoms. The lowest BCUT2D eigenvalue weighted by Gasteiger charge is -1.89. The van der Waals surface area contributed by atoms with Gasteiger partial charge in [-0.05, 0) is 6.42 Å². The largest absolute Gasteiger partial charge is 0.396 e. The molecule has 0 aliphatic heterocycles. The Bertz CT molecular complexity index is 212. The SMILES string of the molecule is OCCCc1ncc(CO)s1. The highest BCUT2D eigenvalue weighted by Gasteiger charge is 1.99. The molecule has 1 heterocycles. The van der Waals surface area contributed by atoms with Gasteiger partial charge in [0.15, 0.2) is 0 Å². The number of aliphatic hydroxyl groups is 2. The third-order valence-electron chi connectivity index (χ3n) is 1.31. The molecular weight excluding hydrogens is 162 g/mol. The van der Waals surface area contributed by atoms with Gasteiger partial charge in [-0.1, -0.05) is 0 Å². The van der Waals surface area contributed by atoms with Gasteiger partial charge in [0.2, 0.25) is 0 Å². The number of hydrogen-bond donors (Lipinski definition) is 2. The van der Waals surface area contributed by atoms with Gasteiger partial charge >= 0.3 is 0 Å². The minimum atomic E-state index is 0.0663. The molecule has 0 bridgehead atoms. The van der Waals surface area contributed by atoms with Crippen LogP contribution >= 0.6 is 11.3 Å². The fourth-order valence-corrected chi connectivity index (χ4v) is 1.59. The van der Waals surface area contributed by atoms with Crippen molar-refractivity contribution in [1.82, 2.24) is 4.98 Å². The molecule has 0 fully saturated rings. The van der Waals surface area contributed by atoms with Gasteiger partial charge in [-0.3, -0.25) is 0 Å². The molecule has 0 amide bonds. The molecule has 0 aliphatic carbocycles. The minimum Gasteiger partial charge on any atom is -0.396 e. The lowest BCUT2D eigenvalue weighted by atomic mass is 10.3. The fraction of sp³-hybridized carbons (Fsp3) is 0.571. The van der Waals surface area contributed by atoms with E-state index in [2.05, 4.69) is 4.98 Å². The van der Waals surface area contributed by atoms with Crippen LogP contribution in [-0.2, 0) is 13.0 Å². The summed E-state index contributed by atoms with van der Waals surface area (Å²) in [6.07, 6.45) is 3.23. The molecule has 0 spiro atoms. The van der Waals surface area contributed by atoms with Gasteiger partial charge in [0.25, 0.3) is 0 Å². The average Bonchev–Trinajstić information content (AvgIpc) is 2.48. The van der Waals surface area contributed by atoms with Crippen molar-refractivity contribution >= 4 is 11.3 Å². The van der Waals surface area contributed by atoms with Crippen LogP contribution in [0, 0.1) is 0 Å². The number of hydrogen-bond acceptors (Lipinski definition) is 4. The summed E-state index contributed by atoms with van der Waals surface area (Å²) in [6.45, 7) is 0.269. The summed E-state index contributed by atoms with van der Waals surface area (Å²) in [7, 11) is 0. The van der Waals surface area contributed by atoms with E-state index >= 15 is 0 Å². The van der Waals surface area contributed by atoms with Crippen LogP contribution in [0.4, 0.5) is 0 Å². The lowest BCUT2D eigenvalue weighted by Crippen LogP contribution is -1.86. The Morgan fingerprint density at radius 1 is 1.45 bits per heavy atom. The fourth-order valence-electron chi connectivity index (χ4n) is 0.767. The van der Waals surface area contributed by atoms with Gasteiger partial charge in [-0.2, -0.15) is 0 Å². The van der Waals surface area contributed by atoms with Gasteiger partial charge in [0.1, 0.15) is 0 Å². The summed E-state index contributed by atoms with van der Waals surface area (Å²) in [4.78, 5) is 4.96. The molecule has 1 aromatic heterocycles. The second-order valence-electron chi connectivity index (χ2n) is 2.21. The number of aromatic nitrogens is 1. The second-order valence-corrected chi connectivity index (χ2v) is 3.41. The topological polar surface area (TPSA) is 53.4 Å². The van der Waals surface area contributed by atoms with Crippen LogP contribution in [0.3, 0.4) is 0 Å². The zero-order valence-corrected chi connectivity index (χ0v) is 6.97. The van der Waals surface area contributed by atoms with E-state index in [1.807, 2.05) is 0 Å². The van der Waals surface area contributed by atoms with Crippen molar-refractivity contribution in [3.63, 3.8) is 0 Å². The normalized spacial score (nSPS) is 10.4. The summed E-state index contributed by atoms with van der Waals surface area (Å²) in [5.74, 6) is 0. The molecule has 0 atom stereocenters. The van der Waals surface area contributed by atoms with Gasteiger partial charge < -0.3 is 10.2 Å². The molecule has 0 saturated carbocycles. The molecule has 4 heteroatoms. The summed E-state index contributed by atoms with van der Waals surface area (Å²) in [5, 5.41) is 18.2. The maximum Gasteiger partial charge on any atom is 0.0929 e. The van der Waals surface area contributed by atoms with Crippen molar-refractivity contribution in [1.29, 1.82) is 0 Å². The smallest absolute Gasteiger partial charge is 0.0929 e. The first kappa shape index (κ1) is 8.64. The Morgan fingerprint density at radius 2 is 2.27 bits per heavy atom. The molecule has 3 nitrogen and oxygen atoms in total. The Hall–Kier alpha value is -0.450. The third-order valence-corrected chi connectivity index (χ3v) is 2.35. The van der Waals surface area contributed by atoms with Crippen LogP contribution in [0.15, 0.2) is 6.20 Å². The minimum absolute atomic E-state index is 0.0663. The first-order chi connectivity index (χ1) is 5.36. The standard InChI is InChI=1S/C7H11NO2S/c9-3-1-2-7-8-4-6(5-10)11-7/h4,9-10H,1-3,5H2. The molecule has 1 rings (SSSR count). The van der Waals surface area contributed by atoms with E-state index in [1.165, 1.54) is 11.3 Å². The van der Waals surface area contributed by atoms with Gasteiger partial charge in [0, 0.05) is 19.2 Å². The highest BCUT2D eigenvalue weighted by molar-refractivity contribution is 7.11. The number of nitrogens with zero attached hydrogens (tertiary/aromatic N) is 1. The van der Waals surface area contributed by atoms with Gasteiger partial charge in [-0.15, -0.1) is 11.3 Å². The highest BCUT2D eigenvalue weighted by atomic mass is 32.1. The average molecular weight is 173 g/mol. The van der Waals surface area contributed by atoms with Crippen molar-refractivity contribution < 1.29 is 10.2 Å². The molecule has 0 aromatic carbocycles. The summed E-state index contributed by atoms with van der Waals surface area (Å²) in [6, 6.07) is 0. The van der Waals surface area contributed by atoms with Gasteiger partial charge in [0.05, 0.1) is 16.5 Å². The Morgan fingerprint density at radius 3 is 2.82 bits per heavy atom. The Balaban J connectivity index is 2.44.